The summed E-state index contributed by atoms with van der Waals surface area (Å²) in [6.07, 6.45) is 3.79. The zero-order valence-corrected chi connectivity index (χ0v) is 50.2. The van der Waals surface area contributed by atoms with E-state index in [1.165, 1.54) is 48.5 Å². The molecule has 0 atom stereocenters. The standard InChI is InChI=1S/C84H49N8O2/c1-4-17-54(18-5-1)77-86-78(55-19-6-2-7-20-55)90-82(89-77)70-42-44-92(84-76(70)68-40-37-59(49-73(68)94-84)57-35-38-66-61(45-57)34-32-53-31-29-51-16-11-13-26-65(51)74(53)66)63-24-14-23-62(46-63)80-87-79(56-21-8-3-9-22-56)88-81(91-80)69-41-43-85-83-75(69)67-39-36-60(48-72(67)93-83)58-33-30-52-28-27-50-15-10-12-25-64(50)71(52)47-58/h1-49H/q+1. The first-order valence-corrected chi connectivity index (χ1v) is 31.3. The summed E-state index contributed by atoms with van der Waals surface area (Å²) in [6, 6.07) is 99.1. The molecule has 10 nitrogen and oxygen atoms in total. The first kappa shape index (κ1) is 53.0. The van der Waals surface area contributed by atoms with Crippen molar-refractivity contribution in [1.82, 2.24) is 34.9 Å². The van der Waals surface area contributed by atoms with Gasteiger partial charge in [-0.25, -0.2) is 34.9 Å². The molecule has 0 amide bonds. The average molecular weight is 1200 g/mol. The molecular formula is C84H49N8O2+. The van der Waals surface area contributed by atoms with E-state index in [2.05, 4.69) is 180 Å². The molecule has 0 radical (unpaired) electrons. The summed E-state index contributed by atoms with van der Waals surface area (Å²) in [6.45, 7) is 0. The minimum Gasteiger partial charge on any atom is -0.438 e. The van der Waals surface area contributed by atoms with Crippen molar-refractivity contribution in [2.45, 2.75) is 0 Å². The zero-order chi connectivity index (χ0) is 61.8. The van der Waals surface area contributed by atoms with Gasteiger partial charge in [0.25, 0.3) is 0 Å². The molecule has 436 valence electrons. The molecule has 13 aromatic carbocycles. The van der Waals surface area contributed by atoms with Gasteiger partial charge in [-0.1, -0.05) is 224 Å². The van der Waals surface area contributed by atoms with E-state index in [1.807, 2.05) is 115 Å². The van der Waals surface area contributed by atoms with E-state index in [0.717, 1.165) is 88.3 Å². The molecule has 19 aromatic rings. The van der Waals surface area contributed by atoms with Crippen LogP contribution in [0.4, 0.5) is 0 Å². The Bertz CT molecular complexity index is 6250. The monoisotopic (exact) mass is 1200 g/mol. The van der Waals surface area contributed by atoms with Gasteiger partial charge >= 0.3 is 5.71 Å². The van der Waals surface area contributed by atoms with Crippen LogP contribution in [0.1, 0.15) is 0 Å². The Balaban J connectivity index is 0.762. The molecule has 0 bridgehead atoms. The van der Waals surface area contributed by atoms with Gasteiger partial charge in [-0.2, -0.15) is 0 Å². The highest BCUT2D eigenvalue weighted by Gasteiger charge is 2.28. The average Bonchev–Trinajstić information content (AvgIpc) is 1.60. The topological polar surface area (TPSA) is 120 Å². The van der Waals surface area contributed by atoms with Gasteiger partial charge in [0, 0.05) is 68.5 Å². The van der Waals surface area contributed by atoms with Gasteiger partial charge in [0.05, 0.1) is 5.39 Å². The van der Waals surface area contributed by atoms with Crippen molar-refractivity contribution >= 4 is 98.0 Å². The molecule has 6 heterocycles. The normalized spacial score (nSPS) is 11.8. The second-order valence-electron chi connectivity index (χ2n) is 23.8. The van der Waals surface area contributed by atoms with Crippen LogP contribution in [-0.4, -0.2) is 34.9 Å². The Morgan fingerprint density at radius 1 is 0.255 bits per heavy atom. The van der Waals surface area contributed by atoms with E-state index in [4.69, 9.17) is 43.7 Å². The second-order valence-corrected chi connectivity index (χ2v) is 23.8. The van der Waals surface area contributed by atoms with Gasteiger partial charge < -0.3 is 8.83 Å². The van der Waals surface area contributed by atoms with E-state index in [9.17, 15) is 0 Å². The van der Waals surface area contributed by atoms with Gasteiger partial charge in [0.2, 0.25) is 11.4 Å². The molecular weight excluding hydrogens is 1150 g/mol. The Hall–Kier alpha value is -12.9. The molecule has 0 unspecified atom stereocenters. The van der Waals surface area contributed by atoms with Crippen LogP contribution >= 0.6 is 0 Å². The molecule has 94 heavy (non-hydrogen) atoms. The van der Waals surface area contributed by atoms with Gasteiger partial charge in [-0.05, 0) is 119 Å². The second kappa shape index (κ2) is 21.4. The van der Waals surface area contributed by atoms with Crippen LogP contribution < -0.4 is 4.57 Å². The van der Waals surface area contributed by atoms with Crippen LogP contribution in [0.3, 0.4) is 0 Å². The summed E-state index contributed by atoms with van der Waals surface area (Å²) in [5.74, 6) is 3.14. The summed E-state index contributed by atoms with van der Waals surface area (Å²) in [5, 5.41) is 15.6. The van der Waals surface area contributed by atoms with E-state index >= 15 is 0 Å². The van der Waals surface area contributed by atoms with Crippen molar-refractivity contribution < 1.29 is 13.4 Å². The number of nitrogens with zero attached hydrogens (tertiary/aromatic N) is 8. The Morgan fingerprint density at radius 3 is 1.37 bits per heavy atom. The number of furan rings is 2. The fourth-order valence-electron chi connectivity index (χ4n) is 13.7. The first-order valence-electron chi connectivity index (χ1n) is 31.3. The lowest BCUT2D eigenvalue weighted by molar-refractivity contribution is -0.574. The predicted octanol–water partition coefficient (Wildman–Crippen LogP) is 20.6. The number of pyridine rings is 2. The van der Waals surface area contributed by atoms with Gasteiger partial charge in [0.15, 0.2) is 41.1 Å². The van der Waals surface area contributed by atoms with Crippen LogP contribution in [0.15, 0.2) is 306 Å². The molecule has 0 fully saturated rings. The summed E-state index contributed by atoms with van der Waals surface area (Å²) in [4.78, 5) is 36.2. The SMILES string of the molecule is c1ccc(-c2nc(-c3cccc(-[n+]4ccc(-c5nc(-c6ccccc6)nc(-c6ccccc6)n5)c5c6ccc(-c7ccc8c(ccc9ccc%10ccccc%10c98)c7)cc6oc54)c3)nc(-c3ccnc4oc5cc(-c6ccc7ccc8ccccc8c7c6)ccc5c34)n2)cc1. The maximum atomic E-state index is 7.25. The van der Waals surface area contributed by atoms with Crippen LogP contribution in [0, 0.1) is 0 Å². The van der Waals surface area contributed by atoms with E-state index in [-0.39, 0.29) is 0 Å². The van der Waals surface area contributed by atoms with Crippen LogP contribution in [0.25, 0.3) is 194 Å². The number of hydrogen-bond acceptors (Lipinski definition) is 9. The van der Waals surface area contributed by atoms with Crippen molar-refractivity contribution in [2.75, 3.05) is 0 Å². The van der Waals surface area contributed by atoms with E-state index in [0.29, 0.717) is 57.5 Å². The van der Waals surface area contributed by atoms with Crippen LogP contribution in [0.2, 0.25) is 0 Å². The Kier molecular flexibility index (Phi) is 12.0. The van der Waals surface area contributed by atoms with Crippen LogP contribution in [-0.2, 0) is 0 Å². The van der Waals surface area contributed by atoms with Crippen molar-refractivity contribution in [3.05, 3.63) is 298 Å². The van der Waals surface area contributed by atoms with E-state index < -0.39 is 0 Å². The first-order chi connectivity index (χ1) is 46.5. The minimum absolute atomic E-state index is 0.484. The van der Waals surface area contributed by atoms with Crippen molar-refractivity contribution in [1.29, 1.82) is 0 Å². The van der Waals surface area contributed by atoms with Crippen molar-refractivity contribution in [3.8, 4) is 96.3 Å². The lowest BCUT2D eigenvalue weighted by Gasteiger charge is -2.10. The fraction of sp³-hybridized carbons (Fsp3) is 0. The number of rotatable bonds is 9. The Labute approximate surface area is 537 Å². The molecule has 19 rings (SSSR count). The molecule has 0 aliphatic rings. The zero-order valence-electron chi connectivity index (χ0n) is 50.2. The quantitative estimate of drug-likeness (QED) is 0.103. The van der Waals surface area contributed by atoms with Gasteiger partial charge in [-0.3, -0.25) is 0 Å². The van der Waals surface area contributed by atoms with Crippen molar-refractivity contribution in [3.63, 3.8) is 0 Å². The maximum absolute atomic E-state index is 7.25. The Morgan fingerprint density at radius 2 is 0.713 bits per heavy atom. The number of aromatic nitrogens is 8. The minimum atomic E-state index is 0.484. The third-order valence-electron chi connectivity index (χ3n) is 18.3. The molecule has 0 N–H and O–H groups in total. The fourth-order valence-corrected chi connectivity index (χ4v) is 13.7. The van der Waals surface area contributed by atoms with Gasteiger partial charge in [-0.15, -0.1) is 4.57 Å². The highest BCUT2D eigenvalue weighted by Crippen LogP contribution is 2.42. The molecule has 0 aliphatic carbocycles. The molecule has 10 heteroatoms. The van der Waals surface area contributed by atoms with Crippen LogP contribution in [0.5, 0.6) is 0 Å². The highest BCUT2D eigenvalue weighted by atomic mass is 16.3. The lowest BCUT2D eigenvalue weighted by atomic mass is 9.94. The smallest absolute Gasteiger partial charge is 0.388 e. The third-order valence-corrected chi connectivity index (χ3v) is 18.3. The molecule has 0 spiro atoms. The summed E-state index contributed by atoms with van der Waals surface area (Å²) in [7, 11) is 0. The lowest BCUT2D eigenvalue weighted by Crippen LogP contribution is -2.30. The molecule has 0 aliphatic heterocycles. The highest BCUT2D eigenvalue weighted by molar-refractivity contribution is 6.21. The molecule has 0 saturated heterocycles. The molecule has 6 aromatic heterocycles. The van der Waals surface area contributed by atoms with Crippen molar-refractivity contribution in [2.24, 2.45) is 0 Å². The summed E-state index contributed by atoms with van der Waals surface area (Å²) in [5.41, 5.74) is 12.5. The number of benzene rings is 13. The maximum Gasteiger partial charge on any atom is 0.388 e. The third kappa shape index (κ3) is 8.87. The predicted molar refractivity (Wildman–Crippen MR) is 378 cm³/mol. The van der Waals surface area contributed by atoms with Gasteiger partial charge in [0.1, 0.15) is 16.6 Å². The largest absolute Gasteiger partial charge is 0.438 e. The van der Waals surface area contributed by atoms with E-state index in [1.54, 1.807) is 6.20 Å². The molecule has 0 saturated carbocycles. The summed E-state index contributed by atoms with van der Waals surface area (Å²) >= 11 is 0. The number of hydrogen-bond donors (Lipinski definition) is 0. The summed E-state index contributed by atoms with van der Waals surface area (Å²) < 4.78 is 16.0. The number of fused-ring (bicyclic) bond motifs is 14.